The molecular formula is C11H23N. The number of allylic oxidation sites excluding steroid dienone is 1. The van der Waals surface area contributed by atoms with Crippen molar-refractivity contribution in [2.24, 2.45) is 17.6 Å². The van der Waals surface area contributed by atoms with Gasteiger partial charge in [-0.25, -0.2) is 0 Å². The second-order valence-electron chi connectivity index (χ2n) is 3.81. The van der Waals surface area contributed by atoms with Gasteiger partial charge in [0.05, 0.1) is 0 Å². The van der Waals surface area contributed by atoms with E-state index in [0.29, 0.717) is 0 Å². The molecule has 0 aromatic heterocycles. The van der Waals surface area contributed by atoms with Crippen molar-refractivity contribution >= 4 is 0 Å². The molecule has 0 amide bonds. The van der Waals surface area contributed by atoms with Crippen LogP contribution in [-0.2, 0) is 0 Å². The van der Waals surface area contributed by atoms with E-state index in [9.17, 15) is 0 Å². The van der Waals surface area contributed by atoms with Crippen LogP contribution in [0.25, 0.3) is 0 Å². The van der Waals surface area contributed by atoms with Crippen molar-refractivity contribution in [3.8, 4) is 0 Å². The fourth-order valence-corrected chi connectivity index (χ4v) is 1.42. The van der Waals surface area contributed by atoms with Crippen LogP contribution in [0.3, 0.4) is 0 Å². The smallest absolute Gasteiger partial charge is 0.00464 e. The molecule has 0 radical (unpaired) electrons. The highest BCUT2D eigenvalue weighted by atomic mass is 14.5. The van der Waals surface area contributed by atoms with Crippen LogP contribution in [0.5, 0.6) is 0 Å². The highest BCUT2D eigenvalue weighted by Gasteiger charge is 2.09. The van der Waals surface area contributed by atoms with Crippen molar-refractivity contribution < 1.29 is 0 Å². The van der Waals surface area contributed by atoms with E-state index in [4.69, 9.17) is 5.73 Å². The molecule has 2 N–H and O–H groups in total. The highest BCUT2D eigenvalue weighted by Crippen LogP contribution is 2.17. The van der Waals surface area contributed by atoms with Gasteiger partial charge in [-0.3, -0.25) is 0 Å². The number of hydrogen-bond acceptors (Lipinski definition) is 1. The van der Waals surface area contributed by atoms with Crippen molar-refractivity contribution in [3.05, 3.63) is 12.7 Å². The fourth-order valence-electron chi connectivity index (χ4n) is 1.42. The Hall–Kier alpha value is -0.300. The summed E-state index contributed by atoms with van der Waals surface area (Å²) in [5.74, 6) is 1.45. The Morgan fingerprint density at radius 2 is 2.00 bits per heavy atom. The van der Waals surface area contributed by atoms with E-state index in [-0.39, 0.29) is 0 Å². The maximum atomic E-state index is 5.67. The van der Waals surface area contributed by atoms with Crippen molar-refractivity contribution in [3.63, 3.8) is 0 Å². The lowest BCUT2D eigenvalue weighted by Crippen LogP contribution is -2.19. The molecule has 0 saturated heterocycles. The van der Waals surface area contributed by atoms with Gasteiger partial charge in [-0.2, -0.15) is 0 Å². The maximum absolute atomic E-state index is 5.67. The molecule has 12 heavy (non-hydrogen) atoms. The normalized spacial score (nSPS) is 13.3. The minimum atomic E-state index is 0.717. The summed E-state index contributed by atoms with van der Waals surface area (Å²) in [7, 11) is 0. The van der Waals surface area contributed by atoms with Crippen LogP contribution in [0, 0.1) is 11.8 Å². The van der Waals surface area contributed by atoms with Crippen molar-refractivity contribution in [2.45, 2.75) is 39.5 Å². The monoisotopic (exact) mass is 169 g/mol. The van der Waals surface area contributed by atoms with Gasteiger partial charge >= 0.3 is 0 Å². The lowest BCUT2D eigenvalue weighted by Gasteiger charge is -2.18. The minimum Gasteiger partial charge on any atom is -0.330 e. The second-order valence-corrected chi connectivity index (χ2v) is 3.81. The predicted molar refractivity (Wildman–Crippen MR) is 56.0 cm³/mol. The first-order valence-electron chi connectivity index (χ1n) is 5.03. The van der Waals surface area contributed by atoms with Gasteiger partial charge in [-0.1, -0.05) is 26.3 Å². The molecule has 0 aromatic carbocycles. The third kappa shape index (κ3) is 5.36. The summed E-state index contributed by atoms with van der Waals surface area (Å²) >= 11 is 0. The van der Waals surface area contributed by atoms with E-state index in [1.54, 1.807) is 0 Å². The molecule has 0 aliphatic rings. The van der Waals surface area contributed by atoms with Gasteiger partial charge in [-0.15, -0.1) is 6.58 Å². The summed E-state index contributed by atoms with van der Waals surface area (Å²) < 4.78 is 0. The Bertz CT molecular complexity index is 108. The van der Waals surface area contributed by atoms with Gasteiger partial charge in [0.15, 0.2) is 0 Å². The first-order valence-corrected chi connectivity index (χ1v) is 5.03. The first kappa shape index (κ1) is 11.7. The quantitative estimate of drug-likeness (QED) is 0.460. The molecule has 1 nitrogen and oxygen atoms in total. The van der Waals surface area contributed by atoms with Crippen LogP contribution in [0.15, 0.2) is 12.7 Å². The van der Waals surface area contributed by atoms with Gasteiger partial charge in [-0.05, 0) is 37.6 Å². The van der Waals surface area contributed by atoms with Crippen LogP contribution < -0.4 is 5.73 Å². The Balaban J connectivity index is 3.38. The summed E-state index contributed by atoms with van der Waals surface area (Å²) in [6.07, 6.45) is 6.99. The van der Waals surface area contributed by atoms with Gasteiger partial charge in [0.1, 0.15) is 0 Å². The summed E-state index contributed by atoms with van der Waals surface area (Å²) in [4.78, 5) is 0. The van der Waals surface area contributed by atoms with Crippen molar-refractivity contribution in [2.75, 3.05) is 6.54 Å². The zero-order valence-corrected chi connectivity index (χ0v) is 8.55. The topological polar surface area (TPSA) is 26.0 Å². The summed E-state index contributed by atoms with van der Waals surface area (Å²) in [5.41, 5.74) is 5.67. The zero-order valence-electron chi connectivity index (χ0n) is 8.55. The molecule has 0 aliphatic heterocycles. The van der Waals surface area contributed by atoms with Gasteiger partial charge in [0.25, 0.3) is 0 Å². The van der Waals surface area contributed by atoms with E-state index in [0.717, 1.165) is 24.8 Å². The molecule has 0 heterocycles. The average molecular weight is 169 g/mol. The Morgan fingerprint density at radius 3 is 2.42 bits per heavy atom. The van der Waals surface area contributed by atoms with Gasteiger partial charge < -0.3 is 5.73 Å². The lowest BCUT2D eigenvalue weighted by atomic mass is 9.90. The van der Waals surface area contributed by atoms with Gasteiger partial charge in [0, 0.05) is 0 Å². The number of rotatable bonds is 7. The van der Waals surface area contributed by atoms with Crippen LogP contribution >= 0.6 is 0 Å². The molecule has 1 heteroatoms. The first-order chi connectivity index (χ1) is 5.72. The third-order valence-corrected chi connectivity index (χ3v) is 2.48. The minimum absolute atomic E-state index is 0.717. The second kappa shape index (κ2) is 7.35. The van der Waals surface area contributed by atoms with E-state index >= 15 is 0 Å². The van der Waals surface area contributed by atoms with E-state index in [2.05, 4.69) is 20.4 Å². The van der Waals surface area contributed by atoms with Crippen LogP contribution in [0.1, 0.15) is 39.5 Å². The van der Waals surface area contributed by atoms with E-state index in [1.807, 2.05) is 6.08 Å². The van der Waals surface area contributed by atoms with Crippen molar-refractivity contribution in [1.82, 2.24) is 0 Å². The molecule has 0 fully saturated rings. The Labute approximate surface area is 77.0 Å². The molecule has 0 spiro atoms. The number of unbranched alkanes of at least 4 members (excludes halogenated alkanes) is 2. The molecule has 0 aliphatic carbocycles. The Morgan fingerprint density at radius 1 is 1.33 bits per heavy atom. The molecule has 0 aromatic rings. The largest absolute Gasteiger partial charge is 0.330 e. The molecule has 0 saturated carbocycles. The molecule has 1 atom stereocenters. The number of hydrogen-bond donors (Lipinski definition) is 1. The summed E-state index contributed by atoms with van der Waals surface area (Å²) in [6, 6.07) is 0. The van der Waals surface area contributed by atoms with Crippen LogP contribution in [-0.4, -0.2) is 6.54 Å². The van der Waals surface area contributed by atoms with E-state index < -0.39 is 0 Å². The average Bonchev–Trinajstić information content (AvgIpc) is 2.04. The number of nitrogens with two attached hydrogens (primary N) is 1. The molecule has 1 unspecified atom stereocenters. The maximum Gasteiger partial charge on any atom is -0.00464 e. The highest BCUT2D eigenvalue weighted by molar-refractivity contribution is 4.68. The fraction of sp³-hybridized carbons (Fsp3) is 0.818. The Kier molecular flexibility index (Phi) is 7.17. The molecular weight excluding hydrogens is 146 g/mol. The predicted octanol–water partition coefficient (Wildman–Crippen LogP) is 2.96. The van der Waals surface area contributed by atoms with Crippen LogP contribution in [0.2, 0.25) is 0 Å². The lowest BCUT2D eigenvalue weighted by molar-refractivity contribution is 0.357. The van der Waals surface area contributed by atoms with Crippen molar-refractivity contribution in [1.29, 1.82) is 0 Å². The summed E-state index contributed by atoms with van der Waals surface area (Å²) in [6.45, 7) is 9.06. The molecule has 0 rings (SSSR count). The standard InChI is InChI=1S/C11H23N/c1-4-5-6-7-8-11(9-12)10(2)3/h4,10-11H,1,5-9,12H2,2-3H3. The summed E-state index contributed by atoms with van der Waals surface area (Å²) in [5, 5.41) is 0. The zero-order chi connectivity index (χ0) is 9.40. The van der Waals surface area contributed by atoms with Gasteiger partial charge in [0.2, 0.25) is 0 Å². The SMILES string of the molecule is C=CCCCCC(CN)C(C)C. The molecule has 72 valence electrons. The third-order valence-electron chi connectivity index (χ3n) is 2.48. The molecule has 0 bridgehead atoms. The van der Waals surface area contributed by atoms with Crippen LogP contribution in [0.4, 0.5) is 0 Å². The van der Waals surface area contributed by atoms with E-state index in [1.165, 1.54) is 19.3 Å².